The van der Waals surface area contributed by atoms with Crippen LogP contribution in [0.3, 0.4) is 0 Å². The second-order valence-electron chi connectivity index (χ2n) is 4.55. The highest BCUT2D eigenvalue weighted by Crippen LogP contribution is 2.27. The van der Waals surface area contributed by atoms with Gasteiger partial charge in [-0.2, -0.15) is 13.2 Å². The van der Waals surface area contributed by atoms with E-state index in [0.717, 1.165) is 11.4 Å². The largest absolute Gasteiger partial charge is 0.433 e. The van der Waals surface area contributed by atoms with Crippen LogP contribution in [0.15, 0.2) is 18.3 Å². The molecule has 7 heteroatoms. The quantitative estimate of drug-likeness (QED) is 0.795. The molecule has 1 aromatic heterocycles. The first-order chi connectivity index (χ1) is 8.90. The molecule has 0 aromatic carbocycles. The van der Waals surface area contributed by atoms with Gasteiger partial charge in [0.2, 0.25) is 5.91 Å². The molecule has 1 fully saturated rings. The van der Waals surface area contributed by atoms with Crippen LogP contribution in [0.2, 0.25) is 0 Å². The maximum atomic E-state index is 12.4. The molecule has 1 aliphatic heterocycles. The minimum Gasteiger partial charge on any atom is -0.338 e. The Kier molecular flexibility index (Phi) is 4.13. The van der Waals surface area contributed by atoms with E-state index in [1.807, 2.05) is 0 Å². The first-order valence-electron chi connectivity index (χ1n) is 5.76. The summed E-state index contributed by atoms with van der Waals surface area (Å²) < 4.78 is 37.1. The topological polar surface area (TPSA) is 33.2 Å². The van der Waals surface area contributed by atoms with E-state index in [4.69, 9.17) is 0 Å². The number of hydrogen-bond acceptors (Lipinski definition) is 2. The number of hydrogen-bond donors (Lipinski definition) is 0. The van der Waals surface area contributed by atoms with E-state index in [0.29, 0.717) is 25.1 Å². The van der Waals surface area contributed by atoms with Crippen molar-refractivity contribution in [3.63, 3.8) is 0 Å². The molecule has 0 aliphatic carbocycles. The Labute approximate surface area is 116 Å². The fraction of sp³-hybridized carbons (Fsp3) is 0.500. The number of carbonyl (C=O) groups excluding carboxylic acids is 1. The summed E-state index contributed by atoms with van der Waals surface area (Å²) in [5.74, 6) is 0.305. The van der Waals surface area contributed by atoms with Crippen molar-refractivity contribution in [2.45, 2.75) is 19.1 Å². The van der Waals surface area contributed by atoms with E-state index in [1.165, 1.54) is 12.3 Å². The Morgan fingerprint density at radius 3 is 2.63 bits per heavy atom. The number of pyridine rings is 1. The Hall–Kier alpha value is -1.11. The molecular formula is C12H12BrF3N2O. The van der Waals surface area contributed by atoms with Crippen molar-refractivity contribution >= 4 is 21.8 Å². The van der Waals surface area contributed by atoms with Gasteiger partial charge in [-0.15, -0.1) is 0 Å². The lowest BCUT2D eigenvalue weighted by atomic mass is 10.2. The number of amides is 1. The highest BCUT2D eigenvalue weighted by atomic mass is 79.9. The second-order valence-corrected chi connectivity index (χ2v) is 5.20. The molecule has 0 bridgehead atoms. The zero-order valence-electron chi connectivity index (χ0n) is 9.95. The van der Waals surface area contributed by atoms with Crippen molar-refractivity contribution < 1.29 is 18.0 Å². The van der Waals surface area contributed by atoms with Gasteiger partial charge in [0.05, 0.1) is 0 Å². The van der Waals surface area contributed by atoms with Crippen LogP contribution in [0.1, 0.15) is 17.7 Å². The molecule has 0 radical (unpaired) electrons. The fourth-order valence-electron chi connectivity index (χ4n) is 2.02. The molecule has 1 unspecified atom stereocenters. The summed E-state index contributed by atoms with van der Waals surface area (Å²) >= 11 is 3.33. The Morgan fingerprint density at radius 1 is 1.42 bits per heavy atom. The maximum Gasteiger partial charge on any atom is 0.433 e. The van der Waals surface area contributed by atoms with E-state index in [-0.39, 0.29) is 11.8 Å². The van der Waals surface area contributed by atoms with E-state index in [1.54, 1.807) is 4.90 Å². The zero-order chi connectivity index (χ0) is 14.0. The van der Waals surface area contributed by atoms with Crippen molar-refractivity contribution in [3.8, 4) is 0 Å². The zero-order valence-corrected chi connectivity index (χ0v) is 11.5. The monoisotopic (exact) mass is 336 g/mol. The molecule has 1 saturated heterocycles. The lowest BCUT2D eigenvalue weighted by molar-refractivity contribution is -0.141. The number of halogens is 4. The molecule has 0 N–H and O–H groups in total. The van der Waals surface area contributed by atoms with Crippen LogP contribution in [0.4, 0.5) is 13.2 Å². The van der Waals surface area contributed by atoms with Crippen molar-refractivity contribution in [3.05, 3.63) is 29.6 Å². The summed E-state index contributed by atoms with van der Waals surface area (Å²) in [4.78, 5) is 16.7. The highest BCUT2D eigenvalue weighted by Gasteiger charge is 2.32. The van der Waals surface area contributed by atoms with Crippen LogP contribution in [-0.2, 0) is 17.5 Å². The summed E-state index contributed by atoms with van der Waals surface area (Å²) in [6.45, 7) is 0.943. The molecule has 1 amide bonds. The van der Waals surface area contributed by atoms with Gasteiger partial charge in [-0.3, -0.25) is 9.78 Å². The van der Waals surface area contributed by atoms with Gasteiger partial charge in [-0.1, -0.05) is 22.0 Å². The first-order valence-corrected chi connectivity index (χ1v) is 6.88. The number of aromatic nitrogens is 1. The molecule has 19 heavy (non-hydrogen) atoms. The molecule has 3 nitrogen and oxygen atoms in total. The molecule has 104 valence electrons. The van der Waals surface area contributed by atoms with Gasteiger partial charge in [0.1, 0.15) is 5.69 Å². The van der Waals surface area contributed by atoms with Crippen LogP contribution in [0.5, 0.6) is 0 Å². The molecule has 1 aliphatic rings. The van der Waals surface area contributed by atoms with Crippen molar-refractivity contribution in [1.82, 2.24) is 9.88 Å². The second kappa shape index (κ2) is 5.48. The van der Waals surface area contributed by atoms with Gasteiger partial charge < -0.3 is 4.90 Å². The molecule has 1 atom stereocenters. The molecule has 1 aromatic rings. The van der Waals surface area contributed by atoms with Gasteiger partial charge in [-0.25, -0.2) is 0 Å². The third kappa shape index (κ3) is 3.46. The summed E-state index contributed by atoms with van der Waals surface area (Å²) in [5.41, 5.74) is -0.307. The number of nitrogens with zero attached hydrogens (tertiary/aromatic N) is 2. The standard InChI is InChI=1S/C12H12BrF3N2O/c13-4-9-3-11(19)18(7-9)6-8-1-2-10(17-5-8)12(14,15)16/h1-2,5,9H,3-4,6-7H2. The third-order valence-electron chi connectivity index (χ3n) is 3.00. The van der Waals surface area contributed by atoms with Gasteiger partial charge >= 0.3 is 6.18 Å². The highest BCUT2D eigenvalue weighted by molar-refractivity contribution is 9.09. The maximum absolute atomic E-state index is 12.4. The average molecular weight is 337 g/mol. The van der Waals surface area contributed by atoms with E-state index in [2.05, 4.69) is 20.9 Å². The van der Waals surface area contributed by atoms with Crippen LogP contribution in [0, 0.1) is 5.92 Å². The summed E-state index contributed by atoms with van der Waals surface area (Å²) in [7, 11) is 0. The normalized spacial score (nSPS) is 20.1. The van der Waals surface area contributed by atoms with Crippen molar-refractivity contribution in [2.75, 3.05) is 11.9 Å². The minimum atomic E-state index is -4.43. The molecular weight excluding hydrogens is 325 g/mol. The average Bonchev–Trinajstić information content (AvgIpc) is 2.70. The summed E-state index contributed by atoms with van der Waals surface area (Å²) in [6, 6.07) is 2.31. The predicted molar refractivity (Wildman–Crippen MR) is 66.6 cm³/mol. The van der Waals surface area contributed by atoms with Crippen molar-refractivity contribution in [2.24, 2.45) is 5.92 Å². The van der Waals surface area contributed by atoms with E-state index in [9.17, 15) is 18.0 Å². The number of rotatable bonds is 3. The smallest absolute Gasteiger partial charge is 0.338 e. The summed E-state index contributed by atoms with van der Waals surface area (Å²) in [5, 5.41) is 0.750. The van der Waals surface area contributed by atoms with Gasteiger partial charge in [0.15, 0.2) is 0 Å². The molecule has 0 spiro atoms. The number of alkyl halides is 4. The van der Waals surface area contributed by atoms with Crippen molar-refractivity contribution in [1.29, 1.82) is 0 Å². The lowest BCUT2D eigenvalue weighted by Crippen LogP contribution is -2.25. The minimum absolute atomic E-state index is 0.0318. The van der Waals surface area contributed by atoms with Crippen LogP contribution in [-0.4, -0.2) is 27.7 Å². The van der Waals surface area contributed by atoms with Crippen LogP contribution < -0.4 is 0 Å². The van der Waals surface area contributed by atoms with Crippen LogP contribution >= 0.6 is 15.9 Å². The summed E-state index contributed by atoms with van der Waals surface area (Å²) in [6.07, 6.45) is -2.76. The van der Waals surface area contributed by atoms with Gasteiger partial charge in [-0.05, 0) is 17.5 Å². The third-order valence-corrected chi connectivity index (χ3v) is 3.92. The van der Waals surface area contributed by atoms with Gasteiger partial charge in [0.25, 0.3) is 0 Å². The Bertz CT molecular complexity index is 461. The predicted octanol–water partition coefficient (Wildman–Crippen LogP) is 2.84. The van der Waals surface area contributed by atoms with Gasteiger partial charge in [0, 0.05) is 31.0 Å². The first kappa shape index (κ1) is 14.3. The molecule has 2 rings (SSSR count). The number of likely N-dealkylation sites (tertiary alicyclic amines) is 1. The molecule has 0 saturated carbocycles. The number of carbonyl (C=O) groups is 1. The fourth-order valence-corrected chi connectivity index (χ4v) is 2.45. The van der Waals surface area contributed by atoms with Crippen LogP contribution in [0.25, 0.3) is 0 Å². The Morgan fingerprint density at radius 2 is 2.16 bits per heavy atom. The molecule has 2 heterocycles. The Balaban J connectivity index is 2.02. The van der Waals surface area contributed by atoms with E-state index < -0.39 is 11.9 Å². The van der Waals surface area contributed by atoms with E-state index >= 15 is 0 Å². The SMILES string of the molecule is O=C1CC(CBr)CN1Cc1ccc(C(F)(F)F)nc1. The lowest BCUT2D eigenvalue weighted by Gasteiger charge is -2.16.